The van der Waals surface area contributed by atoms with Gasteiger partial charge in [0.05, 0.1) is 19.4 Å². The van der Waals surface area contributed by atoms with Gasteiger partial charge in [-0.1, -0.05) is 0 Å². The van der Waals surface area contributed by atoms with Crippen LogP contribution in [0.4, 0.5) is 27.6 Å². The second kappa shape index (κ2) is 7.04. The van der Waals surface area contributed by atoms with E-state index in [0.29, 0.717) is 0 Å². The lowest BCUT2D eigenvalue weighted by molar-refractivity contribution is -0.142. The predicted molar refractivity (Wildman–Crippen MR) is 78.3 cm³/mol. The minimum Gasteiger partial charge on any atom is -0.465 e. The second-order valence-corrected chi connectivity index (χ2v) is 5.46. The Labute approximate surface area is 144 Å². The third-order valence-electron chi connectivity index (χ3n) is 3.69. The number of methoxy groups -OCH3 is 1. The van der Waals surface area contributed by atoms with Crippen LogP contribution in [-0.2, 0) is 15.7 Å². The molecule has 1 atom stereocenters. The van der Waals surface area contributed by atoms with E-state index in [-0.39, 0.29) is 19.2 Å². The standard InChI is InChI=1S/C15H15F5N2O4/c1-4-26-14(24)8-10(22-5-6(22)2)7(13(23)25-3)9(12(16)17)21-11(8)15(18,19)20/h6,12H,4-5H2,1-3H3. The summed E-state index contributed by atoms with van der Waals surface area (Å²) in [6, 6.07) is -0.361. The summed E-state index contributed by atoms with van der Waals surface area (Å²) in [6.07, 6.45) is -8.70. The van der Waals surface area contributed by atoms with Gasteiger partial charge in [0.2, 0.25) is 0 Å². The summed E-state index contributed by atoms with van der Waals surface area (Å²) in [5.41, 5.74) is -5.77. The smallest absolute Gasteiger partial charge is 0.434 e. The molecule has 0 aliphatic carbocycles. The number of aromatic nitrogens is 1. The van der Waals surface area contributed by atoms with Crippen molar-refractivity contribution in [3.8, 4) is 0 Å². The Balaban J connectivity index is 2.93. The number of halogens is 5. The molecule has 1 saturated heterocycles. The largest absolute Gasteiger partial charge is 0.465 e. The predicted octanol–water partition coefficient (Wildman–Crippen LogP) is 3.21. The summed E-state index contributed by atoms with van der Waals surface area (Å²) in [5, 5.41) is 0. The molecule has 11 heteroatoms. The molecular formula is C15H15F5N2O4. The van der Waals surface area contributed by atoms with E-state index in [4.69, 9.17) is 0 Å². The van der Waals surface area contributed by atoms with Gasteiger partial charge in [-0.3, -0.25) is 0 Å². The first kappa shape index (κ1) is 19.9. The molecule has 1 fully saturated rings. The zero-order chi connectivity index (χ0) is 19.8. The van der Waals surface area contributed by atoms with E-state index in [0.717, 1.165) is 7.11 Å². The molecule has 2 heterocycles. The lowest BCUT2D eigenvalue weighted by Gasteiger charge is -2.21. The Bertz CT molecular complexity index is 736. The van der Waals surface area contributed by atoms with E-state index < -0.39 is 52.7 Å². The van der Waals surface area contributed by atoms with E-state index >= 15 is 0 Å². The lowest BCUT2D eigenvalue weighted by atomic mass is 10.0. The fraction of sp³-hybridized carbons (Fsp3) is 0.533. The summed E-state index contributed by atoms with van der Waals surface area (Å²) in [5.74, 6) is -2.73. The summed E-state index contributed by atoms with van der Waals surface area (Å²) < 4.78 is 76.0. The highest BCUT2D eigenvalue weighted by molar-refractivity contribution is 6.07. The molecule has 1 aromatic rings. The van der Waals surface area contributed by atoms with Crippen molar-refractivity contribution in [2.24, 2.45) is 0 Å². The minimum absolute atomic E-state index is 0.167. The van der Waals surface area contributed by atoms with E-state index in [1.165, 1.54) is 11.8 Å². The van der Waals surface area contributed by atoms with Gasteiger partial charge in [0.1, 0.15) is 16.8 Å². The fourth-order valence-corrected chi connectivity index (χ4v) is 2.49. The van der Waals surface area contributed by atoms with Crippen LogP contribution in [0, 0.1) is 0 Å². The molecule has 1 aliphatic rings. The monoisotopic (exact) mass is 382 g/mol. The number of carbonyl (C=O) groups excluding carboxylic acids is 2. The van der Waals surface area contributed by atoms with Crippen molar-refractivity contribution in [3.05, 3.63) is 22.5 Å². The summed E-state index contributed by atoms with van der Waals surface area (Å²) in [6.45, 7) is 2.87. The topological polar surface area (TPSA) is 68.5 Å². The quantitative estimate of drug-likeness (QED) is 0.443. The number of esters is 2. The summed E-state index contributed by atoms with van der Waals surface area (Å²) >= 11 is 0. The number of pyridine rings is 1. The van der Waals surface area contributed by atoms with Crippen LogP contribution in [0.5, 0.6) is 0 Å². The zero-order valence-electron chi connectivity index (χ0n) is 14.0. The number of nitrogens with zero attached hydrogens (tertiary/aromatic N) is 2. The van der Waals surface area contributed by atoms with Crippen LogP contribution >= 0.6 is 0 Å². The molecule has 1 aliphatic heterocycles. The van der Waals surface area contributed by atoms with Crippen LogP contribution in [0.3, 0.4) is 0 Å². The van der Waals surface area contributed by atoms with Crippen molar-refractivity contribution < 1.29 is 41.0 Å². The van der Waals surface area contributed by atoms with Gasteiger partial charge in [-0.15, -0.1) is 0 Å². The van der Waals surface area contributed by atoms with Crippen LogP contribution in [0.1, 0.15) is 52.4 Å². The number of hydrogen-bond donors (Lipinski definition) is 0. The van der Waals surface area contributed by atoms with Crippen LogP contribution in [0.25, 0.3) is 0 Å². The third kappa shape index (κ3) is 3.56. The van der Waals surface area contributed by atoms with Gasteiger partial charge in [-0.2, -0.15) is 13.2 Å². The second-order valence-electron chi connectivity index (χ2n) is 5.46. The molecule has 1 aromatic heterocycles. The van der Waals surface area contributed by atoms with Crippen LogP contribution in [0.2, 0.25) is 0 Å². The van der Waals surface area contributed by atoms with Gasteiger partial charge < -0.3 is 14.4 Å². The van der Waals surface area contributed by atoms with Crippen molar-refractivity contribution in [3.63, 3.8) is 0 Å². The SMILES string of the molecule is CCOC(=O)c1c(C(F)(F)F)nc(C(F)F)c(C(=O)OC)c1N1CC1C. The maximum atomic E-state index is 13.4. The summed E-state index contributed by atoms with van der Waals surface area (Å²) in [4.78, 5) is 28.3. The molecular weight excluding hydrogens is 367 g/mol. The number of hydrogen-bond acceptors (Lipinski definition) is 6. The molecule has 0 amide bonds. The maximum Gasteiger partial charge on any atom is 0.434 e. The fourth-order valence-electron chi connectivity index (χ4n) is 2.49. The average molecular weight is 382 g/mol. The van der Waals surface area contributed by atoms with Crippen LogP contribution < -0.4 is 4.90 Å². The van der Waals surface area contributed by atoms with E-state index in [9.17, 15) is 31.5 Å². The molecule has 26 heavy (non-hydrogen) atoms. The summed E-state index contributed by atoms with van der Waals surface area (Å²) in [7, 11) is 0.884. The normalized spacial score (nSPS) is 16.7. The molecule has 144 valence electrons. The number of alkyl halides is 5. The highest BCUT2D eigenvalue weighted by atomic mass is 19.4. The van der Waals surface area contributed by atoms with E-state index in [1.54, 1.807) is 6.92 Å². The van der Waals surface area contributed by atoms with Crippen LogP contribution in [-0.4, -0.2) is 43.2 Å². The van der Waals surface area contributed by atoms with E-state index in [1.807, 2.05) is 0 Å². The van der Waals surface area contributed by atoms with Crippen molar-refractivity contribution in [1.29, 1.82) is 0 Å². The van der Waals surface area contributed by atoms with Crippen LogP contribution in [0.15, 0.2) is 0 Å². The maximum absolute atomic E-state index is 13.4. The Morgan fingerprint density at radius 1 is 1.27 bits per heavy atom. The molecule has 0 spiro atoms. The molecule has 0 N–H and O–H groups in total. The number of anilines is 1. The van der Waals surface area contributed by atoms with Gasteiger partial charge in [0, 0.05) is 12.6 Å². The van der Waals surface area contributed by atoms with Gasteiger partial charge in [-0.25, -0.2) is 23.4 Å². The number of carbonyl (C=O) groups is 2. The van der Waals surface area contributed by atoms with Crippen molar-refractivity contribution in [2.45, 2.75) is 32.5 Å². The first-order valence-corrected chi connectivity index (χ1v) is 7.49. The molecule has 0 bridgehead atoms. The molecule has 0 radical (unpaired) electrons. The first-order chi connectivity index (χ1) is 12.0. The average Bonchev–Trinajstić information content (AvgIpc) is 3.27. The van der Waals surface area contributed by atoms with Crippen molar-refractivity contribution in [2.75, 3.05) is 25.2 Å². The number of rotatable bonds is 5. The molecule has 0 aromatic carbocycles. The first-order valence-electron chi connectivity index (χ1n) is 7.49. The Hall–Kier alpha value is -2.46. The lowest BCUT2D eigenvalue weighted by Crippen LogP contribution is -2.25. The van der Waals surface area contributed by atoms with Gasteiger partial charge in [-0.05, 0) is 13.8 Å². The van der Waals surface area contributed by atoms with Gasteiger partial charge in [0.25, 0.3) is 6.43 Å². The minimum atomic E-state index is -5.21. The van der Waals surface area contributed by atoms with Crippen molar-refractivity contribution >= 4 is 17.6 Å². The molecule has 1 unspecified atom stereocenters. The molecule has 0 saturated carbocycles. The Kier molecular flexibility index (Phi) is 5.38. The zero-order valence-corrected chi connectivity index (χ0v) is 14.0. The highest BCUT2D eigenvalue weighted by Gasteiger charge is 2.47. The number of ether oxygens (including phenoxy) is 2. The third-order valence-corrected chi connectivity index (χ3v) is 3.69. The Morgan fingerprint density at radius 2 is 1.85 bits per heavy atom. The van der Waals surface area contributed by atoms with Gasteiger partial charge >= 0.3 is 18.1 Å². The van der Waals surface area contributed by atoms with Gasteiger partial charge in [0.15, 0.2) is 5.69 Å². The van der Waals surface area contributed by atoms with Crippen molar-refractivity contribution in [1.82, 2.24) is 4.98 Å². The molecule has 6 nitrogen and oxygen atoms in total. The Morgan fingerprint density at radius 3 is 2.23 bits per heavy atom. The van der Waals surface area contributed by atoms with E-state index in [2.05, 4.69) is 14.5 Å². The highest BCUT2D eigenvalue weighted by Crippen LogP contribution is 2.44. The molecule has 2 rings (SSSR count).